The Kier molecular flexibility index (Phi) is 7.89. The van der Waals surface area contributed by atoms with Crippen LogP contribution < -0.4 is 10.0 Å². The minimum Gasteiger partial charge on any atom is -0.463 e. The summed E-state index contributed by atoms with van der Waals surface area (Å²) in [7, 11) is -3.97. The van der Waals surface area contributed by atoms with Crippen molar-refractivity contribution in [2.75, 3.05) is 13.2 Å². The maximum atomic E-state index is 13.9. The predicted molar refractivity (Wildman–Crippen MR) is 151 cm³/mol. The lowest BCUT2D eigenvalue weighted by Crippen LogP contribution is -2.39. The average Bonchev–Trinajstić information content (AvgIpc) is 3.47. The van der Waals surface area contributed by atoms with Crippen LogP contribution in [0.1, 0.15) is 23.5 Å². The van der Waals surface area contributed by atoms with Crippen molar-refractivity contribution in [3.63, 3.8) is 0 Å². The van der Waals surface area contributed by atoms with Crippen molar-refractivity contribution < 1.29 is 22.3 Å². The number of benzene rings is 3. The van der Waals surface area contributed by atoms with Gasteiger partial charge < -0.3 is 10.1 Å². The SMILES string of the molecule is CCOC(=O)C1=C(CNS(=O)(=O)c2ccc3ccccc3c2)NC(c2nccs2)=NC1c1ccc(F)cc1Br. The number of carbonyl (C=O) groups excluding carboxylic acids is 1. The summed E-state index contributed by atoms with van der Waals surface area (Å²) in [6.45, 7) is 1.51. The van der Waals surface area contributed by atoms with Crippen LogP contribution >= 0.6 is 27.3 Å². The Bertz CT molecular complexity index is 1720. The third-order valence-corrected chi connectivity index (χ3v) is 8.85. The van der Waals surface area contributed by atoms with Crippen LogP contribution in [0.5, 0.6) is 0 Å². The molecule has 0 saturated carbocycles. The van der Waals surface area contributed by atoms with Gasteiger partial charge in [-0.1, -0.05) is 52.3 Å². The van der Waals surface area contributed by atoms with E-state index < -0.39 is 27.9 Å². The van der Waals surface area contributed by atoms with Gasteiger partial charge in [-0.15, -0.1) is 11.3 Å². The van der Waals surface area contributed by atoms with Gasteiger partial charge in [-0.05, 0) is 47.5 Å². The number of hydrogen-bond donors (Lipinski definition) is 2. The van der Waals surface area contributed by atoms with Crippen LogP contribution in [0.2, 0.25) is 0 Å². The second-order valence-electron chi connectivity index (χ2n) is 8.45. The number of rotatable bonds is 8. The molecule has 200 valence electrons. The summed E-state index contributed by atoms with van der Waals surface area (Å²) in [4.78, 5) is 22.3. The van der Waals surface area contributed by atoms with Gasteiger partial charge in [0, 0.05) is 21.7 Å². The molecule has 1 aliphatic rings. The highest BCUT2D eigenvalue weighted by Crippen LogP contribution is 2.37. The summed E-state index contributed by atoms with van der Waals surface area (Å²) >= 11 is 4.70. The van der Waals surface area contributed by atoms with Gasteiger partial charge in [0.2, 0.25) is 10.0 Å². The first kappa shape index (κ1) is 27.1. The van der Waals surface area contributed by atoms with Gasteiger partial charge in [0.05, 0.1) is 23.6 Å². The molecule has 1 aromatic heterocycles. The summed E-state index contributed by atoms with van der Waals surface area (Å²) in [6.07, 6.45) is 1.61. The number of hydrogen-bond acceptors (Lipinski definition) is 8. The van der Waals surface area contributed by atoms with E-state index in [4.69, 9.17) is 9.73 Å². The molecule has 0 aliphatic carbocycles. The molecule has 0 spiro atoms. The zero-order valence-electron chi connectivity index (χ0n) is 20.5. The number of sulfonamides is 1. The van der Waals surface area contributed by atoms with Crippen molar-refractivity contribution in [2.24, 2.45) is 4.99 Å². The van der Waals surface area contributed by atoms with E-state index in [-0.39, 0.29) is 29.3 Å². The molecule has 2 N–H and O–H groups in total. The lowest BCUT2D eigenvalue weighted by atomic mass is 9.95. The number of halogens is 2. The standard InChI is InChI=1S/C27H22BrFN4O4S2/c1-2-37-27(34)23-22(15-31-39(35,36)19-9-7-16-5-3-4-6-17(16)13-19)32-25(26-30-11-12-38-26)33-24(23)20-10-8-18(29)14-21(20)28/h3-14,24,31H,2,15H2,1H3,(H,32,33). The van der Waals surface area contributed by atoms with Crippen LogP contribution in [-0.2, 0) is 19.6 Å². The lowest BCUT2D eigenvalue weighted by molar-refractivity contribution is -0.139. The number of nitrogens with one attached hydrogen (secondary N) is 2. The first-order valence-electron chi connectivity index (χ1n) is 11.8. The molecule has 0 amide bonds. The number of esters is 1. The molecule has 0 radical (unpaired) electrons. The van der Waals surface area contributed by atoms with E-state index in [1.165, 1.54) is 35.6 Å². The van der Waals surface area contributed by atoms with Gasteiger partial charge in [-0.2, -0.15) is 0 Å². The first-order valence-corrected chi connectivity index (χ1v) is 15.0. The van der Waals surface area contributed by atoms with E-state index >= 15 is 0 Å². The van der Waals surface area contributed by atoms with Crippen LogP contribution in [0, 0.1) is 5.82 Å². The van der Waals surface area contributed by atoms with Crippen LogP contribution in [0.15, 0.2) is 97.9 Å². The van der Waals surface area contributed by atoms with Gasteiger partial charge in [0.1, 0.15) is 11.9 Å². The van der Waals surface area contributed by atoms with E-state index in [0.29, 0.717) is 20.9 Å². The number of fused-ring (bicyclic) bond motifs is 1. The normalized spacial score (nSPS) is 15.7. The third kappa shape index (κ3) is 5.78. The molecule has 1 unspecified atom stereocenters. The highest BCUT2D eigenvalue weighted by Gasteiger charge is 2.34. The molecule has 1 aliphatic heterocycles. The maximum absolute atomic E-state index is 13.9. The summed E-state index contributed by atoms with van der Waals surface area (Å²) in [5, 5.41) is 7.09. The van der Waals surface area contributed by atoms with Gasteiger partial charge >= 0.3 is 5.97 Å². The molecule has 0 fully saturated rings. The summed E-state index contributed by atoms with van der Waals surface area (Å²) in [6, 6.07) is 15.5. The van der Waals surface area contributed by atoms with Crippen LogP contribution in [0.3, 0.4) is 0 Å². The predicted octanol–water partition coefficient (Wildman–Crippen LogP) is 5.08. The van der Waals surface area contributed by atoms with E-state index in [2.05, 4.69) is 31.0 Å². The Labute approximate surface area is 236 Å². The van der Waals surface area contributed by atoms with Crippen molar-refractivity contribution in [1.29, 1.82) is 0 Å². The fourth-order valence-electron chi connectivity index (χ4n) is 4.17. The Morgan fingerprint density at radius 3 is 2.67 bits per heavy atom. The largest absolute Gasteiger partial charge is 0.463 e. The lowest BCUT2D eigenvalue weighted by Gasteiger charge is -2.27. The Balaban J connectivity index is 1.56. The van der Waals surface area contributed by atoms with Gasteiger partial charge in [-0.25, -0.2) is 27.3 Å². The molecule has 4 aromatic rings. The number of aromatic nitrogens is 1. The van der Waals surface area contributed by atoms with Gasteiger partial charge in [-0.3, -0.25) is 4.99 Å². The number of thiazole rings is 1. The van der Waals surface area contributed by atoms with Crippen molar-refractivity contribution in [3.05, 3.63) is 104 Å². The molecule has 5 rings (SSSR count). The zero-order chi connectivity index (χ0) is 27.6. The maximum Gasteiger partial charge on any atom is 0.338 e. The fraction of sp³-hybridized carbons (Fsp3) is 0.148. The minimum atomic E-state index is -3.97. The molecule has 3 aromatic carbocycles. The van der Waals surface area contributed by atoms with Gasteiger partial charge in [0.25, 0.3) is 0 Å². The Hall–Kier alpha value is -3.45. The highest BCUT2D eigenvalue weighted by molar-refractivity contribution is 9.10. The minimum absolute atomic E-state index is 0.0851. The second-order valence-corrected chi connectivity index (χ2v) is 12.0. The molecular weight excluding hydrogens is 607 g/mol. The molecular formula is C27H22BrFN4O4S2. The quantitative estimate of drug-likeness (QED) is 0.263. The van der Waals surface area contributed by atoms with Gasteiger partial charge in [0.15, 0.2) is 10.8 Å². The number of nitrogens with zero attached hydrogens (tertiary/aromatic N) is 2. The summed E-state index contributed by atoms with van der Waals surface area (Å²) in [5.41, 5.74) is 0.856. The van der Waals surface area contributed by atoms with Crippen molar-refractivity contribution in [1.82, 2.24) is 15.0 Å². The van der Waals surface area contributed by atoms with Crippen LogP contribution in [-0.4, -0.2) is 38.4 Å². The molecule has 8 nitrogen and oxygen atoms in total. The molecule has 12 heteroatoms. The van der Waals surface area contributed by atoms with E-state index in [0.717, 1.165) is 10.8 Å². The topological polar surface area (TPSA) is 110 Å². The molecule has 0 saturated heterocycles. The third-order valence-electron chi connectivity index (χ3n) is 5.98. The molecule has 39 heavy (non-hydrogen) atoms. The number of amidine groups is 1. The monoisotopic (exact) mass is 628 g/mol. The van der Waals surface area contributed by atoms with E-state index in [1.54, 1.807) is 30.6 Å². The van der Waals surface area contributed by atoms with Crippen molar-refractivity contribution in [3.8, 4) is 0 Å². The number of carbonyl (C=O) groups is 1. The van der Waals surface area contributed by atoms with E-state index in [9.17, 15) is 17.6 Å². The van der Waals surface area contributed by atoms with E-state index in [1.807, 2.05) is 24.3 Å². The summed E-state index contributed by atoms with van der Waals surface area (Å²) < 4.78 is 48.9. The van der Waals surface area contributed by atoms with Crippen LogP contribution in [0.25, 0.3) is 10.8 Å². The fourth-order valence-corrected chi connectivity index (χ4v) is 6.35. The van der Waals surface area contributed by atoms with Crippen LogP contribution in [0.4, 0.5) is 4.39 Å². The Morgan fingerprint density at radius 2 is 1.95 bits per heavy atom. The zero-order valence-corrected chi connectivity index (χ0v) is 23.7. The molecule has 2 heterocycles. The highest BCUT2D eigenvalue weighted by atomic mass is 79.9. The van der Waals surface area contributed by atoms with Crippen molar-refractivity contribution in [2.45, 2.75) is 17.9 Å². The summed E-state index contributed by atoms with van der Waals surface area (Å²) in [5.74, 6) is -0.791. The first-order chi connectivity index (χ1) is 18.8. The number of aliphatic imine (C=N–C) groups is 1. The smallest absolute Gasteiger partial charge is 0.338 e. The second kappa shape index (κ2) is 11.3. The Morgan fingerprint density at radius 1 is 1.15 bits per heavy atom. The molecule has 1 atom stereocenters. The molecule has 0 bridgehead atoms. The van der Waals surface area contributed by atoms with Crippen molar-refractivity contribution >= 4 is 59.9 Å². The average molecular weight is 630 g/mol. The number of ether oxygens (including phenoxy) is 1.